The fourth-order valence-electron chi connectivity index (χ4n) is 15.1. The summed E-state index contributed by atoms with van der Waals surface area (Å²) in [6, 6.07) is 20.3. The van der Waals surface area contributed by atoms with Gasteiger partial charge in [-0.15, -0.1) is 0 Å². The van der Waals surface area contributed by atoms with Gasteiger partial charge in [-0.2, -0.15) is 0 Å². The molecule has 16 atom stereocenters. The SMILES string of the molecule is CCC(=O)C1(C)C/C=C/C(OC(=O)CCCCCC(CC(C)=O)C(=O)NC)CCC1.CCCC[C@@H]1CC/C=C/CC[C@@H]1CC(=O)OCC1C[C@@H](OC)C(OCc2ccccc2)[C@@H](C)[C@@H]1OC.CNC(=O)C(CCCCN)CC(C)=O.CO[C@@H]1C(CO)C[C@@H](OC)C(OCc2ccccc2)[C@H]1C. The van der Waals surface area contributed by atoms with Gasteiger partial charge in [0.1, 0.15) is 23.5 Å². The second-order valence-electron chi connectivity index (χ2n) is 28.7. The number of unbranched alkanes of at least 4 members (excludes halogenated alkanes) is 4. The van der Waals surface area contributed by atoms with Crippen LogP contribution >= 0.6 is 0 Å². The van der Waals surface area contributed by atoms with Gasteiger partial charge in [0.25, 0.3) is 0 Å². The molecular weight excluding hydrogens is 1280 g/mol. The summed E-state index contributed by atoms with van der Waals surface area (Å²) in [5.41, 5.74) is 7.36. The lowest BCUT2D eigenvalue weighted by atomic mass is 9.75. The minimum absolute atomic E-state index is 0.00201. The van der Waals surface area contributed by atoms with Crippen molar-refractivity contribution < 1.29 is 76.6 Å². The van der Waals surface area contributed by atoms with Gasteiger partial charge in [0.15, 0.2) is 0 Å². The fraction of sp³-hybridized carbons (Fsp3) is 0.720. The fourth-order valence-corrected chi connectivity index (χ4v) is 15.1. The zero-order chi connectivity index (χ0) is 74.5. The standard InChI is InChI=1S/C31H48O5.C24H39NO5.C17H26O4.C10H20N2O2/c1-5-6-16-25-17-12-7-8-13-18-26(25)20-29(32)35-22-27-19-28(33-3)31(23(2)30(27)34-4)36-21-24-14-10-9-11-15-24;1-5-21(27)24(3)15-9-12-20(13-10-16-24)30-22(28)14-8-6-7-11-19(17-18(2)26)23(29)25-4;1-12-16(20-3)14(10-18)9-15(19-2)17(12)21-11-13-7-5-4-6-8-13;1-8(13)7-9(10(14)12-2)5-3-4-6-11/h7-11,14-15,23,25-28,30-31H,5-6,12-13,16-22H2,1-4H3;9,12,19-20H,5-8,10-11,13-17H2,1-4H3,(H,25,29);4-8,12,14-18H,9-11H2,1-3H3;9H,3-7,11H2,1-2H3,(H,12,14)/b8-7+;12-9+;;/t23-,25+,26+,27?,28+,30-,31?;;12-,14?,15+,16-,17?;/m0.0./s1. The first-order chi connectivity index (χ1) is 48.6. The number of hydrogen-bond donors (Lipinski definition) is 4. The molecule has 6 rings (SSSR count). The number of esters is 2. The number of nitrogens with two attached hydrogens (primary N) is 1. The quantitative estimate of drug-likeness (QED) is 0.0278. The number of hydrogen-bond acceptors (Lipinski definition) is 17. The Morgan fingerprint density at radius 2 is 1.13 bits per heavy atom. The van der Waals surface area contributed by atoms with Gasteiger partial charge in [-0.25, -0.2) is 0 Å². The van der Waals surface area contributed by atoms with Gasteiger partial charge in [-0.1, -0.05) is 152 Å². The van der Waals surface area contributed by atoms with E-state index in [0.717, 1.165) is 94.6 Å². The lowest BCUT2D eigenvalue weighted by Crippen LogP contribution is -2.52. The molecule has 0 saturated heterocycles. The summed E-state index contributed by atoms with van der Waals surface area (Å²) in [5, 5.41) is 14.7. The monoisotopic (exact) mass is 1420 g/mol. The number of nitrogens with one attached hydrogen (secondary N) is 2. The number of ether oxygens (including phenoxy) is 8. The number of Topliss-reactive ketones (excluding diaryl/α,β-unsaturated/α-hetero) is 3. The van der Waals surface area contributed by atoms with E-state index in [1.165, 1.54) is 39.5 Å². The number of aliphatic hydroxyl groups is 1. The van der Waals surface area contributed by atoms with Crippen LogP contribution in [0.4, 0.5) is 0 Å². The lowest BCUT2D eigenvalue weighted by molar-refractivity contribution is -0.177. The second kappa shape index (κ2) is 51.6. The highest BCUT2D eigenvalue weighted by Crippen LogP contribution is 2.39. The van der Waals surface area contributed by atoms with Crippen LogP contribution in [0.3, 0.4) is 0 Å². The molecule has 0 heterocycles. The number of carbonyl (C=O) groups is 7. The van der Waals surface area contributed by atoms with Crippen LogP contribution in [-0.2, 0) is 84.7 Å². The van der Waals surface area contributed by atoms with Crippen molar-refractivity contribution in [1.29, 1.82) is 0 Å². The van der Waals surface area contributed by atoms with Crippen molar-refractivity contribution in [3.8, 4) is 0 Å². The molecule has 0 radical (unpaired) electrons. The Balaban J connectivity index is 0.000000369. The average molecular weight is 1420 g/mol. The molecule has 4 aliphatic rings. The average Bonchev–Trinajstić information content (AvgIpc) is 0.808. The summed E-state index contributed by atoms with van der Waals surface area (Å²) in [7, 11) is 10.1. The van der Waals surface area contributed by atoms with Crippen molar-refractivity contribution in [2.45, 2.75) is 265 Å². The van der Waals surface area contributed by atoms with Crippen LogP contribution < -0.4 is 16.4 Å². The van der Waals surface area contributed by atoms with E-state index in [-0.39, 0.29) is 132 Å². The predicted molar refractivity (Wildman–Crippen MR) is 397 cm³/mol. The van der Waals surface area contributed by atoms with Crippen LogP contribution in [0, 0.1) is 52.8 Å². The Morgan fingerprint density at radius 3 is 1.60 bits per heavy atom. The molecule has 5 N–H and O–H groups in total. The van der Waals surface area contributed by atoms with Crippen molar-refractivity contribution in [2.24, 2.45) is 58.5 Å². The van der Waals surface area contributed by atoms with Crippen LogP contribution in [0.2, 0.25) is 0 Å². The minimum Gasteiger partial charge on any atom is -0.465 e. The summed E-state index contributed by atoms with van der Waals surface area (Å²) in [4.78, 5) is 82.7. The zero-order valence-corrected chi connectivity index (χ0v) is 64.1. The number of carbonyl (C=O) groups excluding carboxylic acids is 7. The highest BCUT2D eigenvalue weighted by Gasteiger charge is 2.46. The third-order valence-corrected chi connectivity index (χ3v) is 21.0. The highest BCUT2D eigenvalue weighted by atomic mass is 16.6. The van der Waals surface area contributed by atoms with Gasteiger partial charge in [0.05, 0.1) is 56.4 Å². The van der Waals surface area contributed by atoms with Crippen molar-refractivity contribution in [3.63, 3.8) is 0 Å². The molecule has 19 nitrogen and oxygen atoms in total. The number of benzene rings is 2. The molecule has 0 spiro atoms. The molecule has 2 amide bonds. The van der Waals surface area contributed by atoms with Crippen molar-refractivity contribution in [3.05, 3.63) is 96.1 Å². The third kappa shape index (κ3) is 33.4. The Labute approximate surface area is 607 Å². The summed E-state index contributed by atoms with van der Waals surface area (Å²) in [5.74, 6) is 1.02. The van der Waals surface area contributed by atoms with E-state index < -0.39 is 0 Å². The summed E-state index contributed by atoms with van der Waals surface area (Å²) in [6.45, 7) is 15.7. The van der Waals surface area contributed by atoms with Gasteiger partial charge in [-0.3, -0.25) is 24.0 Å². The zero-order valence-electron chi connectivity index (χ0n) is 64.1. The molecule has 2 aromatic carbocycles. The lowest BCUT2D eigenvalue weighted by Gasteiger charge is -2.44. The maximum atomic E-state index is 13.0. The molecule has 2 saturated carbocycles. The first-order valence-corrected chi connectivity index (χ1v) is 38.0. The second-order valence-corrected chi connectivity index (χ2v) is 28.7. The van der Waals surface area contributed by atoms with Gasteiger partial charge in [-0.05, 0) is 139 Å². The Morgan fingerprint density at radius 1 is 0.614 bits per heavy atom. The maximum Gasteiger partial charge on any atom is 0.306 e. The van der Waals surface area contributed by atoms with Gasteiger partial charge in [0.2, 0.25) is 11.8 Å². The Bertz CT molecular complexity index is 2700. The molecule has 101 heavy (non-hydrogen) atoms. The van der Waals surface area contributed by atoms with E-state index in [4.69, 9.17) is 43.6 Å². The Kier molecular flexibility index (Phi) is 45.8. The van der Waals surface area contributed by atoms with Crippen LogP contribution in [0.1, 0.15) is 220 Å². The molecule has 0 aliphatic heterocycles. The van der Waals surface area contributed by atoms with Crippen LogP contribution in [0.5, 0.6) is 0 Å². The van der Waals surface area contributed by atoms with E-state index in [1.54, 1.807) is 42.5 Å². The first kappa shape index (κ1) is 89.7. The van der Waals surface area contributed by atoms with E-state index in [2.05, 4.69) is 67.8 Å². The molecule has 19 heteroatoms. The first-order valence-electron chi connectivity index (χ1n) is 38.0. The van der Waals surface area contributed by atoms with Gasteiger partial charge in [0, 0.05) is 122 Å². The normalized spacial score (nSPS) is 26.9. The predicted octanol–water partition coefficient (Wildman–Crippen LogP) is 13.8. The smallest absolute Gasteiger partial charge is 0.306 e. The van der Waals surface area contributed by atoms with E-state index >= 15 is 0 Å². The van der Waals surface area contributed by atoms with Crippen molar-refractivity contribution >= 4 is 41.1 Å². The third-order valence-electron chi connectivity index (χ3n) is 21.0. The molecule has 2 aromatic rings. The van der Waals surface area contributed by atoms with Gasteiger partial charge >= 0.3 is 11.9 Å². The molecule has 572 valence electrons. The van der Waals surface area contributed by atoms with Crippen molar-refractivity contribution in [2.75, 3.05) is 62.3 Å². The topological polar surface area (TPSA) is 264 Å². The van der Waals surface area contributed by atoms with E-state index in [0.29, 0.717) is 88.9 Å². The number of rotatable bonds is 37. The van der Waals surface area contributed by atoms with Crippen LogP contribution in [-0.4, -0.2) is 151 Å². The van der Waals surface area contributed by atoms with Crippen LogP contribution in [0.25, 0.3) is 0 Å². The largest absolute Gasteiger partial charge is 0.465 e. The summed E-state index contributed by atoms with van der Waals surface area (Å²) >= 11 is 0. The molecule has 2 fully saturated rings. The number of aliphatic hydroxyl groups excluding tert-OH is 1. The van der Waals surface area contributed by atoms with Gasteiger partial charge < -0.3 is 69.0 Å². The molecule has 0 aromatic heterocycles. The van der Waals surface area contributed by atoms with E-state index in [1.807, 2.05) is 62.4 Å². The van der Waals surface area contributed by atoms with Crippen molar-refractivity contribution in [1.82, 2.24) is 10.6 Å². The number of allylic oxidation sites excluding steroid dienone is 3. The molecular formula is C82H133N3O16. The van der Waals surface area contributed by atoms with E-state index in [9.17, 15) is 38.7 Å². The Hall–Kier alpha value is -5.51. The molecule has 0 bridgehead atoms. The molecule has 8 unspecified atom stereocenters. The minimum atomic E-state index is -0.296. The number of ketones is 3. The summed E-state index contributed by atoms with van der Waals surface area (Å²) in [6.07, 6.45) is 28.4. The number of amides is 2. The summed E-state index contributed by atoms with van der Waals surface area (Å²) < 4.78 is 47.0. The number of methoxy groups -OCH3 is 4. The molecule has 4 aliphatic carbocycles. The van der Waals surface area contributed by atoms with Crippen LogP contribution in [0.15, 0.2) is 85.0 Å². The highest BCUT2D eigenvalue weighted by molar-refractivity contribution is 5.86. The maximum absolute atomic E-state index is 13.0.